The van der Waals surface area contributed by atoms with E-state index in [1.165, 1.54) is 11.8 Å². The van der Waals surface area contributed by atoms with Gasteiger partial charge in [0.1, 0.15) is 0 Å². The molecule has 0 fully saturated rings. The Hall–Kier alpha value is -3.13. The number of amides is 2. The molecule has 1 aromatic heterocycles. The second-order valence-corrected chi connectivity index (χ2v) is 7.73. The molecule has 1 heterocycles. The van der Waals surface area contributed by atoms with Gasteiger partial charge in [-0.25, -0.2) is 0 Å². The molecule has 0 saturated carbocycles. The van der Waals surface area contributed by atoms with E-state index in [2.05, 4.69) is 20.8 Å². The third-order valence-corrected chi connectivity index (χ3v) is 5.40. The van der Waals surface area contributed by atoms with Crippen LogP contribution in [0.4, 0.5) is 5.69 Å². The molecule has 7 nitrogen and oxygen atoms in total. The van der Waals surface area contributed by atoms with Gasteiger partial charge in [-0.15, -0.1) is 10.2 Å². The summed E-state index contributed by atoms with van der Waals surface area (Å²) in [6.45, 7) is 4.93. The van der Waals surface area contributed by atoms with E-state index in [1.807, 2.05) is 73.0 Å². The fourth-order valence-corrected chi connectivity index (χ4v) is 3.68. The highest BCUT2D eigenvalue weighted by atomic mass is 32.2. The van der Waals surface area contributed by atoms with Crippen LogP contribution >= 0.6 is 11.8 Å². The van der Waals surface area contributed by atoms with Crippen molar-refractivity contribution in [1.29, 1.82) is 0 Å². The number of carbonyl (C=O) groups is 2. The summed E-state index contributed by atoms with van der Waals surface area (Å²) in [5.74, 6) is 0.720. The number of nitrogens with zero attached hydrogens (tertiary/aromatic N) is 3. The van der Waals surface area contributed by atoms with Crippen molar-refractivity contribution in [3.05, 3.63) is 71.5 Å². The highest BCUT2D eigenvalue weighted by molar-refractivity contribution is 7.99. The lowest BCUT2D eigenvalue weighted by Crippen LogP contribution is -2.26. The van der Waals surface area contributed by atoms with Crippen molar-refractivity contribution in [1.82, 2.24) is 20.1 Å². The predicted octanol–water partition coefficient (Wildman–Crippen LogP) is 3.20. The summed E-state index contributed by atoms with van der Waals surface area (Å²) in [6, 6.07) is 17.2. The number of aryl methyl sites for hydroxylation is 1. The number of carbonyl (C=O) groups excluding carboxylic acids is 2. The lowest BCUT2D eigenvalue weighted by Gasteiger charge is -2.09. The van der Waals surface area contributed by atoms with Crippen molar-refractivity contribution in [3.8, 4) is 0 Å². The molecule has 3 aromatic rings. The molecule has 8 heteroatoms. The van der Waals surface area contributed by atoms with Gasteiger partial charge in [-0.1, -0.05) is 59.8 Å². The minimum Gasteiger partial charge on any atom is -0.349 e. The second kappa shape index (κ2) is 10.6. The summed E-state index contributed by atoms with van der Waals surface area (Å²) < 4.78 is 1.91. The van der Waals surface area contributed by atoms with Crippen molar-refractivity contribution in [2.24, 2.45) is 0 Å². The molecule has 156 valence electrons. The minimum atomic E-state index is -0.104. The summed E-state index contributed by atoms with van der Waals surface area (Å²) in [5.41, 5.74) is 2.87. The van der Waals surface area contributed by atoms with E-state index in [-0.39, 0.29) is 17.6 Å². The van der Waals surface area contributed by atoms with Gasteiger partial charge in [0, 0.05) is 12.2 Å². The van der Waals surface area contributed by atoms with Gasteiger partial charge < -0.3 is 15.2 Å². The third kappa shape index (κ3) is 6.18. The average molecular weight is 424 g/mol. The molecule has 0 aliphatic carbocycles. The first-order chi connectivity index (χ1) is 14.5. The molecule has 3 rings (SSSR count). The predicted molar refractivity (Wildman–Crippen MR) is 118 cm³/mol. The molecule has 0 atom stereocenters. The normalized spacial score (nSPS) is 10.6. The van der Waals surface area contributed by atoms with Gasteiger partial charge in [0.25, 0.3) is 0 Å². The number of hydrogen-bond acceptors (Lipinski definition) is 5. The van der Waals surface area contributed by atoms with Crippen molar-refractivity contribution >= 4 is 29.3 Å². The van der Waals surface area contributed by atoms with Crippen LogP contribution in [-0.2, 0) is 29.1 Å². The standard InChI is InChI=1S/C22H25N5O2S/c1-3-27-19(14-23-20(28)13-17-7-5-4-6-8-17)25-26-22(27)30-15-21(29)24-18-11-9-16(2)10-12-18/h4-12H,3,13-15H2,1-2H3,(H,23,28)(H,24,29). The van der Waals surface area contributed by atoms with Crippen molar-refractivity contribution in [2.45, 2.75) is 38.5 Å². The van der Waals surface area contributed by atoms with Crippen LogP contribution in [-0.4, -0.2) is 32.3 Å². The fourth-order valence-electron chi connectivity index (χ4n) is 2.86. The van der Waals surface area contributed by atoms with Crippen LogP contribution in [0.1, 0.15) is 23.9 Å². The Morgan fingerprint density at radius 2 is 1.73 bits per heavy atom. The van der Waals surface area contributed by atoms with E-state index < -0.39 is 0 Å². The summed E-state index contributed by atoms with van der Waals surface area (Å²) in [5, 5.41) is 14.8. The molecular weight excluding hydrogens is 398 g/mol. The maximum absolute atomic E-state index is 12.2. The van der Waals surface area contributed by atoms with Gasteiger partial charge in [-0.05, 0) is 31.5 Å². The first-order valence-electron chi connectivity index (χ1n) is 9.77. The van der Waals surface area contributed by atoms with Gasteiger partial charge in [0.2, 0.25) is 11.8 Å². The van der Waals surface area contributed by atoms with Gasteiger partial charge in [0.15, 0.2) is 11.0 Å². The number of nitrogens with one attached hydrogen (secondary N) is 2. The minimum absolute atomic E-state index is 0.0708. The molecule has 0 spiro atoms. The Morgan fingerprint density at radius 3 is 2.43 bits per heavy atom. The Bertz CT molecular complexity index is 987. The molecule has 0 unspecified atom stereocenters. The van der Waals surface area contributed by atoms with Crippen molar-refractivity contribution < 1.29 is 9.59 Å². The molecule has 0 bridgehead atoms. The molecule has 0 aliphatic heterocycles. The highest BCUT2D eigenvalue weighted by Gasteiger charge is 2.14. The summed E-state index contributed by atoms with van der Waals surface area (Å²) >= 11 is 1.32. The zero-order valence-electron chi connectivity index (χ0n) is 17.1. The van der Waals surface area contributed by atoms with Crippen LogP contribution in [0.15, 0.2) is 59.8 Å². The van der Waals surface area contributed by atoms with Crippen molar-refractivity contribution in [3.63, 3.8) is 0 Å². The van der Waals surface area contributed by atoms with Gasteiger partial charge in [-0.3, -0.25) is 9.59 Å². The van der Waals surface area contributed by atoms with E-state index in [0.717, 1.165) is 16.8 Å². The molecule has 0 radical (unpaired) electrons. The molecule has 0 saturated heterocycles. The SMILES string of the molecule is CCn1c(CNC(=O)Cc2ccccc2)nnc1SCC(=O)Nc1ccc(C)cc1. The molecular formula is C22H25N5O2S. The Kier molecular flexibility index (Phi) is 7.62. The van der Waals surface area contributed by atoms with Crippen LogP contribution in [0.2, 0.25) is 0 Å². The maximum atomic E-state index is 12.2. The lowest BCUT2D eigenvalue weighted by molar-refractivity contribution is -0.120. The molecule has 30 heavy (non-hydrogen) atoms. The van der Waals surface area contributed by atoms with Crippen LogP contribution in [0.5, 0.6) is 0 Å². The smallest absolute Gasteiger partial charge is 0.234 e. The average Bonchev–Trinajstić information content (AvgIpc) is 3.15. The Balaban J connectivity index is 1.51. The summed E-state index contributed by atoms with van der Waals surface area (Å²) in [6.07, 6.45) is 0.321. The monoisotopic (exact) mass is 423 g/mol. The molecule has 2 amide bonds. The summed E-state index contributed by atoms with van der Waals surface area (Å²) in [7, 11) is 0. The first-order valence-corrected chi connectivity index (χ1v) is 10.8. The number of thioether (sulfide) groups is 1. The molecule has 0 aliphatic rings. The van der Waals surface area contributed by atoms with E-state index in [0.29, 0.717) is 30.5 Å². The summed E-state index contributed by atoms with van der Waals surface area (Å²) in [4.78, 5) is 24.4. The van der Waals surface area contributed by atoms with Crippen LogP contribution in [0.3, 0.4) is 0 Å². The zero-order chi connectivity index (χ0) is 21.3. The number of hydrogen-bond donors (Lipinski definition) is 2. The van der Waals surface area contributed by atoms with Gasteiger partial charge in [0.05, 0.1) is 18.7 Å². The Morgan fingerprint density at radius 1 is 1.00 bits per heavy atom. The third-order valence-electron chi connectivity index (χ3n) is 4.43. The molecule has 2 aromatic carbocycles. The first kappa shape index (κ1) is 21.6. The van der Waals surface area contributed by atoms with Gasteiger partial charge in [-0.2, -0.15) is 0 Å². The topological polar surface area (TPSA) is 88.9 Å². The van der Waals surface area contributed by atoms with Gasteiger partial charge >= 0.3 is 0 Å². The number of aromatic nitrogens is 3. The van der Waals surface area contributed by atoms with Crippen LogP contribution < -0.4 is 10.6 Å². The quantitative estimate of drug-likeness (QED) is 0.516. The van der Waals surface area contributed by atoms with E-state index in [4.69, 9.17) is 0 Å². The zero-order valence-corrected chi connectivity index (χ0v) is 17.9. The highest BCUT2D eigenvalue weighted by Crippen LogP contribution is 2.18. The second-order valence-electron chi connectivity index (χ2n) is 6.79. The largest absolute Gasteiger partial charge is 0.349 e. The fraction of sp³-hybridized carbons (Fsp3) is 0.273. The van der Waals surface area contributed by atoms with E-state index in [9.17, 15) is 9.59 Å². The Labute approximate surface area is 180 Å². The molecule has 2 N–H and O–H groups in total. The number of anilines is 1. The van der Waals surface area contributed by atoms with E-state index >= 15 is 0 Å². The van der Waals surface area contributed by atoms with Crippen LogP contribution in [0.25, 0.3) is 0 Å². The number of rotatable bonds is 9. The van der Waals surface area contributed by atoms with Crippen molar-refractivity contribution in [2.75, 3.05) is 11.1 Å². The lowest BCUT2D eigenvalue weighted by atomic mass is 10.1. The van der Waals surface area contributed by atoms with E-state index in [1.54, 1.807) is 0 Å². The number of benzene rings is 2. The van der Waals surface area contributed by atoms with Crippen LogP contribution in [0, 0.1) is 6.92 Å². The maximum Gasteiger partial charge on any atom is 0.234 e.